The van der Waals surface area contributed by atoms with Gasteiger partial charge in [0, 0.05) is 17.7 Å². The van der Waals surface area contributed by atoms with E-state index in [0.29, 0.717) is 5.69 Å². The first-order chi connectivity index (χ1) is 14.1. The third kappa shape index (κ3) is 4.04. The van der Waals surface area contributed by atoms with Crippen molar-refractivity contribution in [3.8, 4) is 11.1 Å². The molecule has 5 heteroatoms. The van der Waals surface area contributed by atoms with Crippen LogP contribution in [0.2, 0.25) is 0 Å². The molecule has 1 aliphatic carbocycles. The minimum atomic E-state index is -1.01. The number of hydrogen-bond acceptors (Lipinski definition) is 3. The molecule has 0 aliphatic heterocycles. The van der Waals surface area contributed by atoms with Gasteiger partial charge in [0.1, 0.15) is 6.61 Å². The van der Waals surface area contributed by atoms with Crippen molar-refractivity contribution < 1.29 is 19.4 Å². The summed E-state index contributed by atoms with van der Waals surface area (Å²) in [6.07, 6.45) is 2.02. The first kappa shape index (κ1) is 18.5. The number of anilines is 1. The van der Waals surface area contributed by atoms with Gasteiger partial charge in [-0.15, -0.1) is 0 Å². The van der Waals surface area contributed by atoms with Gasteiger partial charge in [-0.25, -0.2) is 9.59 Å². The maximum absolute atomic E-state index is 12.3. The lowest BCUT2D eigenvalue weighted by Gasteiger charge is -2.14. The topological polar surface area (TPSA) is 75.6 Å². The molecule has 0 unspecified atom stereocenters. The molecule has 0 radical (unpaired) electrons. The predicted molar refractivity (Wildman–Crippen MR) is 112 cm³/mol. The van der Waals surface area contributed by atoms with Gasteiger partial charge in [0.25, 0.3) is 0 Å². The van der Waals surface area contributed by atoms with Crippen LogP contribution in [-0.2, 0) is 9.53 Å². The van der Waals surface area contributed by atoms with E-state index >= 15 is 0 Å². The monoisotopic (exact) mass is 385 g/mol. The Balaban J connectivity index is 1.41. The van der Waals surface area contributed by atoms with Gasteiger partial charge < -0.3 is 9.84 Å². The third-order valence-electron chi connectivity index (χ3n) is 4.92. The van der Waals surface area contributed by atoms with Crippen molar-refractivity contribution in [3.05, 3.63) is 95.6 Å². The van der Waals surface area contributed by atoms with E-state index in [0.717, 1.165) is 22.8 Å². The van der Waals surface area contributed by atoms with Crippen molar-refractivity contribution in [1.82, 2.24) is 0 Å². The van der Waals surface area contributed by atoms with Crippen molar-refractivity contribution >= 4 is 23.8 Å². The third-order valence-corrected chi connectivity index (χ3v) is 4.92. The fourth-order valence-corrected chi connectivity index (χ4v) is 3.60. The smallest absolute Gasteiger partial charge is 0.411 e. The number of amides is 1. The van der Waals surface area contributed by atoms with Crippen LogP contribution in [0.1, 0.15) is 22.6 Å². The summed E-state index contributed by atoms with van der Waals surface area (Å²) in [6, 6.07) is 23.2. The number of ether oxygens (including phenoxy) is 1. The summed E-state index contributed by atoms with van der Waals surface area (Å²) in [4.78, 5) is 22.8. The van der Waals surface area contributed by atoms with Gasteiger partial charge in [0.15, 0.2) is 0 Å². The van der Waals surface area contributed by atoms with E-state index < -0.39 is 12.1 Å². The van der Waals surface area contributed by atoms with Gasteiger partial charge in [0.05, 0.1) is 0 Å². The SMILES string of the molecule is O=C(O)C=Cc1ccc(NC(=O)OCC2c3ccccc3-c3ccccc32)cc1. The highest BCUT2D eigenvalue weighted by molar-refractivity contribution is 5.87. The molecule has 3 aromatic carbocycles. The van der Waals surface area contributed by atoms with Gasteiger partial charge in [-0.3, -0.25) is 5.32 Å². The van der Waals surface area contributed by atoms with Crippen molar-refractivity contribution in [2.24, 2.45) is 0 Å². The molecule has 3 aromatic rings. The molecule has 0 bridgehead atoms. The normalized spacial score (nSPS) is 12.4. The second-order valence-electron chi connectivity index (χ2n) is 6.74. The summed E-state index contributed by atoms with van der Waals surface area (Å²) in [5.74, 6) is -0.998. The lowest BCUT2D eigenvalue weighted by atomic mass is 9.98. The van der Waals surface area contributed by atoms with Gasteiger partial charge in [0.2, 0.25) is 0 Å². The molecule has 29 heavy (non-hydrogen) atoms. The van der Waals surface area contributed by atoms with Crippen molar-refractivity contribution in [2.75, 3.05) is 11.9 Å². The molecular weight excluding hydrogens is 366 g/mol. The van der Waals surface area contributed by atoms with E-state index in [9.17, 15) is 9.59 Å². The Morgan fingerprint density at radius 1 is 0.897 bits per heavy atom. The largest absolute Gasteiger partial charge is 0.478 e. The summed E-state index contributed by atoms with van der Waals surface area (Å²) >= 11 is 0. The highest BCUT2D eigenvalue weighted by Crippen LogP contribution is 2.44. The number of carboxylic acid groups (broad SMARTS) is 1. The summed E-state index contributed by atoms with van der Waals surface area (Å²) in [5.41, 5.74) is 6.00. The van der Waals surface area contributed by atoms with Crippen LogP contribution in [0, 0.1) is 0 Å². The van der Waals surface area contributed by atoms with Gasteiger partial charge in [-0.05, 0) is 46.0 Å². The lowest BCUT2D eigenvalue weighted by Crippen LogP contribution is -2.17. The molecule has 0 saturated carbocycles. The Labute approximate surface area is 168 Å². The van der Waals surface area contributed by atoms with Crippen LogP contribution in [0.15, 0.2) is 78.9 Å². The molecule has 0 fully saturated rings. The van der Waals surface area contributed by atoms with Crippen LogP contribution in [0.5, 0.6) is 0 Å². The second-order valence-corrected chi connectivity index (χ2v) is 6.74. The maximum Gasteiger partial charge on any atom is 0.411 e. The number of benzene rings is 3. The number of carboxylic acids is 1. The van der Waals surface area contributed by atoms with E-state index in [1.165, 1.54) is 17.2 Å². The molecule has 5 nitrogen and oxygen atoms in total. The highest BCUT2D eigenvalue weighted by Gasteiger charge is 2.28. The number of aliphatic carboxylic acids is 1. The Bertz CT molecular complexity index is 1040. The number of nitrogens with one attached hydrogen (secondary N) is 1. The molecular formula is C24H19NO4. The summed E-state index contributed by atoms with van der Waals surface area (Å²) in [6.45, 7) is 0.249. The van der Waals surface area contributed by atoms with Crippen LogP contribution in [-0.4, -0.2) is 23.8 Å². The lowest BCUT2D eigenvalue weighted by molar-refractivity contribution is -0.131. The molecule has 1 amide bonds. The molecule has 2 N–H and O–H groups in total. The zero-order chi connectivity index (χ0) is 20.2. The van der Waals surface area contributed by atoms with Crippen LogP contribution in [0.25, 0.3) is 17.2 Å². The average molecular weight is 385 g/mol. The van der Waals surface area contributed by atoms with Gasteiger partial charge >= 0.3 is 12.1 Å². The Hall–Kier alpha value is -3.86. The number of rotatable bonds is 5. The molecule has 1 aliphatic rings. The maximum atomic E-state index is 12.3. The summed E-state index contributed by atoms with van der Waals surface area (Å²) in [7, 11) is 0. The Morgan fingerprint density at radius 2 is 1.48 bits per heavy atom. The zero-order valence-corrected chi connectivity index (χ0v) is 15.5. The van der Waals surface area contributed by atoms with Crippen molar-refractivity contribution in [1.29, 1.82) is 0 Å². The van der Waals surface area contributed by atoms with Crippen molar-refractivity contribution in [2.45, 2.75) is 5.92 Å². The molecule has 0 heterocycles. The minimum Gasteiger partial charge on any atom is -0.478 e. The fourth-order valence-electron chi connectivity index (χ4n) is 3.60. The standard InChI is InChI=1S/C24H19NO4/c26-23(27)14-11-16-9-12-17(13-10-16)25-24(28)29-15-22-20-7-3-1-5-18(20)19-6-2-4-8-21(19)22/h1-14,22H,15H2,(H,25,28)(H,26,27). The van der Waals surface area contributed by atoms with Crippen LogP contribution < -0.4 is 5.32 Å². The second kappa shape index (κ2) is 8.02. The molecule has 0 spiro atoms. The first-order valence-electron chi connectivity index (χ1n) is 9.25. The van der Waals surface area contributed by atoms with Crippen molar-refractivity contribution in [3.63, 3.8) is 0 Å². The molecule has 0 atom stereocenters. The summed E-state index contributed by atoms with van der Waals surface area (Å²) < 4.78 is 5.51. The fraction of sp³-hybridized carbons (Fsp3) is 0.0833. The minimum absolute atomic E-state index is 0.0108. The Kier molecular flexibility index (Phi) is 5.12. The van der Waals surface area contributed by atoms with Gasteiger partial charge in [-0.2, -0.15) is 0 Å². The predicted octanol–water partition coefficient (Wildman–Crippen LogP) is 5.15. The van der Waals surface area contributed by atoms with Crippen LogP contribution >= 0.6 is 0 Å². The molecule has 0 aromatic heterocycles. The van der Waals surface area contributed by atoms with Crippen LogP contribution in [0.4, 0.5) is 10.5 Å². The zero-order valence-electron chi connectivity index (χ0n) is 15.5. The number of fused-ring (bicyclic) bond motifs is 3. The van der Waals surface area contributed by atoms with E-state index in [1.807, 2.05) is 24.3 Å². The number of carbonyl (C=O) groups is 2. The molecule has 144 valence electrons. The van der Waals surface area contributed by atoms with E-state index in [1.54, 1.807) is 24.3 Å². The summed E-state index contributed by atoms with van der Waals surface area (Å²) in [5, 5.41) is 11.4. The Morgan fingerprint density at radius 3 is 2.07 bits per heavy atom. The highest BCUT2D eigenvalue weighted by atomic mass is 16.5. The number of hydrogen-bond donors (Lipinski definition) is 2. The number of carbonyl (C=O) groups excluding carboxylic acids is 1. The van der Waals surface area contributed by atoms with Gasteiger partial charge in [-0.1, -0.05) is 60.7 Å². The van der Waals surface area contributed by atoms with E-state index in [2.05, 4.69) is 29.6 Å². The van der Waals surface area contributed by atoms with Crippen LogP contribution in [0.3, 0.4) is 0 Å². The van der Waals surface area contributed by atoms with E-state index in [4.69, 9.17) is 9.84 Å². The molecule has 0 saturated heterocycles. The molecule has 4 rings (SSSR count). The quantitative estimate of drug-likeness (QED) is 0.596. The average Bonchev–Trinajstić information content (AvgIpc) is 3.05. The first-order valence-corrected chi connectivity index (χ1v) is 9.25. The van der Waals surface area contributed by atoms with E-state index in [-0.39, 0.29) is 12.5 Å².